The van der Waals surface area contributed by atoms with Gasteiger partial charge in [-0.25, -0.2) is 0 Å². The third-order valence-electron chi connectivity index (χ3n) is 2.23. The Morgan fingerprint density at radius 3 is 2.82 bits per heavy atom. The maximum Gasteiger partial charge on any atom is 0.223 e. The molecule has 0 aromatic heterocycles. The quantitative estimate of drug-likeness (QED) is 0.511. The molecule has 0 saturated carbocycles. The van der Waals surface area contributed by atoms with Gasteiger partial charge in [0.15, 0.2) is 0 Å². The molecule has 2 atom stereocenters. The van der Waals surface area contributed by atoms with Crippen molar-refractivity contribution in [2.75, 3.05) is 20.1 Å². The summed E-state index contributed by atoms with van der Waals surface area (Å²) in [6.07, 6.45) is 0.352. The third kappa shape index (κ3) is 1.91. The van der Waals surface area contributed by atoms with E-state index >= 15 is 0 Å². The zero-order chi connectivity index (χ0) is 8.43. The van der Waals surface area contributed by atoms with Crippen LogP contribution in [0.4, 0.5) is 0 Å². The second-order valence-corrected chi connectivity index (χ2v) is 3.12. The third-order valence-corrected chi connectivity index (χ3v) is 2.23. The van der Waals surface area contributed by atoms with Crippen LogP contribution in [0.1, 0.15) is 6.92 Å². The predicted molar refractivity (Wildman–Crippen MR) is 42.8 cm³/mol. The van der Waals surface area contributed by atoms with Crippen molar-refractivity contribution < 1.29 is 4.79 Å². The largest absolute Gasteiger partial charge is 0.369 e. The first-order chi connectivity index (χ1) is 5.11. The fourth-order valence-corrected chi connectivity index (χ4v) is 1.23. The van der Waals surface area contributed by atoms with Gasteiger partial charge in [-0.2, -0.15) is 0 Å². The summed E-state index contributed by atoms with van der Waals surface area (Å²) in [4.78, 5) is 12.8. The van der Waals surface area contributed by atoms with Crippen LogP contribution >= 0.6 is 0 Å². The number of primary amides is 1. The maximum atomic E-state index is 10.8. The van der Waals surface area contributed by atoms with Crippen LogP contribution in [0.3, 0.4) is 0 Å². The first-order valence-electron chi connectivity index (χ1n) is 3.84. The van der Waals surface area contributed by atoms with E-state index in [9.17, 15) is 4.79 Å². The Kier molecular flexibility index (Phi) is 2.46. The number of hydrogen-bond donors (Lipinski definition) is 2. The molecule has 1 aliphatic heterocycles. The standard InChI is InChI=1S/C7H15N3O/c1-5-9-3-6(7(8)11)4-10(5)2/h5-6,9H,3-4H2,1-2H3,(H2,8,11). The van der Waals surface area contributed by atoms with Gasteiger partial charge in [0, 0.05) is 13.1 Å². The highest BCUT2D eigenvalue weighted by Gasteiger charge is 2.25. The first kappa shape index (κ1) is 8.49. The number of carbonyl (C=O) groups is 1. The van der Waals surface area contributed by atoms with Crippen LogP contribution < -0.4 is 11.1 Å². The second kappa shape index (κ2) is 3.19. The van der Waals surface area contributed by atoms with E-state index in [1.807, 2.05) is 7.05 Å². The molecule has 64 valence electrons. The van der Waals surface area contributed by atoms with Gasteiger partial charge in [0.1, 0.15) is 0 Å². The van der Waals surface area contributed by atoms with E-state index in [1.54, 1.807) is 0 Å². The topological polar surface area (TPSA) is 58.4 Å². The molecule has 3 N–H and O–H groups in total. The molecule has 1 fully saturated rings. The van der Waals surface area contributed by atoms with Gasteiger partial charge in [-0.05, 0) is 14.0 Å². The second-order valence-electron chi connectivity index (χ2n) is 3.12. The number of nitrogens with zero attached hydrogens (tertiary/aromatic N) is 1. The Hall–Kier alpha value is -0.610. The van der Waals surface area contributed by atoms with Gasteiger partial charge in [0.05, 0.1) is 12.1 Å². The van der Waals surface area contributed by atoms with Gasteiger partial charge >= 0.3 is 0 Å². The number of rotatable bonds is 1. The van der Waals surface area contributed by atoms with E-state index in [4.69, 9.17) is 5.73 Å². The number of nitrogens with one attached hydrogen (secondary N) is 1. The Morgan fingerprint density at radius 2 is 2.36 bits per heavy atom. The van der Waals surface area contributed by atoms with E-state index < -0.39 is 0 Å². The molecular formula is C7H15N3O. The van der Waals surface area contributed by atoms with Crippen molar-refractivity contribution in [2.24, 2.45) is 11.7 Å². The molecule has 1 rings (SSSR count). The Labute approximate surface area is 66.7 Å². The van der Waals surface area contributed by atoms with Crippen LogP contribution in [0, 0.1) is 5.92 Å². The summed E-state index contributed by atoms with van der Waals surface area (Å²) in [6.45, 7) is 3.54. The van der Waals surface area contributed by atoms with Crippen LogP contribution in [0.5, 0.6) is 0 Å². The molecule has 0 spiro atoms. The van der Waals surface area contributed by atoms with E-state index in [-0.39, 0.29) is 11.8 Å². The summed E-state index contributed by atoms with van der Waals surface area (Å²) in [7, 11) is 1.98. The highest BCUT2D eigenvalue weighted by atomic mass is 16.1. The zero-order valence-electron chi connectivity index (χ0n) is 7.00. The van der Waals surface area contributed by atoms with Gasteiger partial charge < -0.3 is 11.1 Å². The molecule has 1 saturated heterocycles. The number of hydrogen-bond acceptors (Lipinski definition) is 3. The number of nitrogens with two attached hydrogens (primary N) is 1. The summed E-state index contributed by atoms with van der Waals surface area (Å²) in [5.74, 6) is -0.243. The monoisotopic (exact) mass is 157 g/mol. The fraction of sp³-hybridized carbons (Fsp3) is 0.857. The maximum absolute atomic E-state index is 10.8. The minimum atomic E-state index is -0.212. The minimum absolute atomic E-state index is 0.0313. The summed E-state index contributed by atoms with van der Waals surface area (Å²) < 4.78 is 0. The molecule has 11 heavy (non-hydrogen) atoms. The number of amides is 1. The van der Waals surface area contributed by atoms with Crippen molar-refractivity contribution in [3.8, 4) is 0 Å². The lowest BCUT2D eigenvalue weighted by Gasteiger charge is -2.34. The summed E-state index contributed by atoms with van der Waals surface area (Å²) in [5.41, 5.74) is 5.17. The molecule has 0 bridgehead atoms. The van der Waals surface area contributed by atoms with E-state index in [2.05, 4.69) is 17.1 Å². The average molecular weight is 157 g/mol. The molecule has 2 unspecified atom stereocenters. The van der Waals surface area contributed by atoms with Crippen LogP contribution in [0.15, 0.2) is 0 Å². The van der Waals surface area contributed by atoms with Gasteiger partial charge in [-0.1, -0.05) is 0 Å². The molecule has 0 aromatic carbocycles. The SMILES string of the molecule is CC1NCC(C(N)=O)CN1C. The fourth-order valence-electron chi connectivity index (χ4n) is 1.23. The van der Waals surface area contributed by atoms with Crippen LogP contribution in [-0.4, -0.2) is 37.1 Å². The molecule has 1 aliphatic rings. The van der Waals surface area contributed by atoms with Crippen LogP contribution in [-0.2, 0) is 4.79 Å². The molecule has 1 heterocycles. The van der Waals surface area contributed by atoms with Crippen molar-refractivity contribution in [2.45, 2.75) is 13.1 Å². The highest BCUT2D eigenvalue weighted by Crippen LogP contribution is 2.06. The van der Waals surface area contributed by atoms with Crippen molar-refractivity contribution >= 4 is 5.91 Å². The first-order valence-corrected chi connectivity index (χ1v) is 3.84. The lowest BCUT2D eigenvalue weighted by Crippen LogP contribution is -2.54. The molecular weight excluding hydrogens is 142 g/mol. The zero-order valence-corrected chi connectivity index (χ0v) is 7.00. The van der Waals surface area contributed by atoms with Crippen LogP contribution in [0.2, 0.25) is 0 Å². The minimum Gasteiger partial charge on any atom is -0.369 e. The van der Waals surface area contributed by atoms with Gasteiger partial charge in [-0.15, -0.1) is 0 Å². The summed E-state index contributed by atoms with van der Waals surface area (Å²) >= 11 is 0. The van der Waals surface area contributed by atoms with Gasteiger partial charge in [0.25, 0.3) is 0 Å². The van der Waals surface area contributed by atoms with Crippen molar-refractivity contribution in [1.82, 2.24) is 10.2 Å². The smallest absolute Gasteiger partial charge is 0.223 e. The van der Waals surface area contributed by atoms with Gasteiger partial charge in [-0.3, -0.25) is 9.69 Å². The lowest BCUT2D eigenvalue weighted by atomic mass is 10.1. The molecule has 4 heteroatoms. The molecule has 1 amide bonds. The highest BCUT2D eigenvalue weighted by molar-refractivity contribution is 5.77. The molecule has 0 radical (unpaired) electrons. The molecule has 4 nitrogen and oxygen atoms in total. The molecule has 0 aromatic rings. The van der Waals surface area contributed by atoms with E-state index in [0.29, 0.717) is 12.7 Å². The Morgan fingerprint density at radius 1 is 1.73 bits per heavy atom. The van der Waals surface area contributed by atoms with Crippen molar-refractivity contribution in [3.05, 3.63) is 0 Å². The van der Waals surface area contributed by atoms with Crippen LogP contribution in [0.25, 0.3) is 0 Å². The molecule has 0 aliphatic carbocycles. The van der Waals surface area contributed by atoms with E-state index in [1.165, 1.54) is 0 Å². The normalized spacial score (nSPS) is 33.6. The Balaban J connectivity index is 2.46. The van der Waals surface area contributed by atoms with Crippen molar-refractivity contribution in [1.29, 1.82) is 0 Å². The van der Waals surface area contributed by atoms with Gasteiger partial charge in [0.2, 0.25) is 5.91 Å². The predicted octanol–water partition coefficient (Wildman–Crippen LogP) is -1.03. The summed E-state index contributed by atoms with van der Waals surface area (Å²) in [5, 5.41) is 3.19. The summed E-state index contributed by atoms with van der Waals surface area (Å²) in [6, 6.07) is 0. The number of carbonyl (C=O) groups excluding carboxylic acids is 1. The Bertz CT molecular complexity index is 160. The van der Waals surface area contributed by atoms with E-state index in [0.717, 1.165) is 6.54 Å². The lowest BCUT2D eigenvalue weighted by molar-refractivity contribution is -0.123. The van der Waals surface area contributed by atoms with Crippen molar-refractivity contribution in [3.63, 3.8) is 0 Å². The average Bonchev–Trinajstić information content (AvgIpc) is 1.94.